The standard InChI is InChI=1S/C10H20N2O3/c1-3-6-11-8-9(13)12(2)7-4-5-10(14)15/h11H,3-8H2,1-2H3,(H,14,15). The van der Waals surface area contributed by atoms with Gasteiger partial charge in [0, 0.05) is 20.0 Å². The highest BCUT2D eigenvalue weighted by atomic mass is 16.4. The molecule has 1 amide bonds. The van der Waals surface area contributed by atoms with Crippen LogP contribution in [-0.4, -0.2) is 48.6 Å². The zero-order valence-electron chi connectivity index (χ0n) is 9.45. The Bertz CT molecular complexity index is 207. The van der Waals surface area contributed by atoms with Gasteiger partial charge in [-0.2, -0.15) is 0 Å². The lowest BCUT2D eigenvalue weighted by molar-refractivity contribution is -0.137. The minimum Gasteiger partial charge on any atom is -0.481 e. The van der Waals surface area contributed by atoms with Gasteiger partial charge in [0.2, 0.25) is 5.91 Å². The predicted molar refractivity (Wildman–Crippen MR) is 57.7 cm³/mol. The molecule has 0 saturated carbocycles. The van der Waals surface area contributed by atoms with Gasteiger partial charge in [0.05, 0.1) is 6.54 Å². The summed E-state index contributed by atoms with van der Waals surface area (Å²) in [5.41, 5.74) is 0. The lowest BCUT2D eigenvalue weighted by Gasteiger charge is -2.16. The van der Waals surface area contributed by atoms with Crippen LogP contribution in [0.2, 0.25) is 0 Å². The van der Waals surface area contributed by atoms with E-state index in [9.17, 15) is 9.59 Å². The van der Waals surface area contributed by atoms with Crippen LogP contribution in [0.15, 0.2) is 0 Å². The van der Waals surface area contributed by atoms with Crippen molar-refractivity contribution in [3.63, 3.8) is 0 Å². The summed E-state index contributed by atoms with van der Waals surface area (Å²) in [6.45, 7) is 3.69. The van der Waals surface area contributed by atoms with E-state index in [2.05, 4.69) is 5.32 Å². The minimum atomic E-state index is -0.819. The van der Waals surface area contributed by atoms with Crippen LogP contribution < -0.4 is 5.32 Å². The average molecular weight is 216 g/mol. The molecule has 15 heavy (non-hydrogen) atoms. The Hall–Kier alpha value is -1.10. The molecule has 0 spiro atoms. The number of amides is 1. The normalized spacial score (nSPS) is 10.0. The van der Waals surface area contributed by atoms with E-state index in [1.54, 1.807) is 11.9 Å². The lowest BCUT2D eigenvalue weighted by atomic mass is 10.3. The van der Waals surface area contributed by atoms with Crippen LogP contribution in [0.5, 0.6) is 0 Å². The quantitative estimate of drug-likeness (QED) is 0.573. The third-order valence-corrected chi connectivity index (χ3v) is 2.01. The number of carbonyl (C=O) groups is 2. The number of nitrogens with one attached hydrogen (secondary N) is 1. The Morgan fingerprint density at radius 2 is 2.07 bits per heavy atom. The van der Waals surface area contributed by atoms with Crippen molar-refractivity contribution in [2.75, 3.05) is 26.7 Å². The van der Waals surface area contributed by atoms with Crippen molar-refractivity contribution in [3.8, 4) is 0 Å². The highest BCUT2D eigenvalue weighted by Crippen LogP contribution is 1.93. The molecule has 0 heterocycles. The topological polar surface area (TPSA) is 69.6 Å². The maximum atomic E-state index is 11.4. The van der Waals surface area contributed by atoms with Crippen molar-refractivity contribution in [2.45, 2.75) is 26.2 Å². The summed E-state index contributed by atoms with van der Waals surface area (Å²) in [5.74, 6) is -0.811. The van der Waals surface area contributed by atoms with E-state index in [4.69, 9.17) is 5.11 Å². The molecule has 0 aliphatic heterocycles. The molecule has 0 saturated heterocycles. The predicted octanol–water partition coefficient (Wildman–Crippen LogP) is 0.309. The Kier molecular flexibility index (Phi) is 7.62. The van der Waals surface area contributed by atoms with Crippen LogP contribution in [0.3, 0.4) is 0 Å². The fraction of sp³-hybridized carbons (Fsp3) is 0.800. The van der Waals surface area contributed by atoms with Crippen LogP contribution in [0.25, 0.3) is 0 Å². The van der Waals surface area contributed by atoms with Crippen LogP contribution in [0, 0.1) is 0 Å². The molecule has 2 N–H and O–H groups in total. The van der Waals surface area contributed by atoms with Gasteiger partial charge in [0.1, 0.15) is 0 Å². The number of carboxylic acids is 1. The number of carboxylic acid groups (broad SMARTS) is 1. The molecule has 0 aromatic rings. The average Bonchev–Trinajstić information content (AvgIpc) is 2.17. The monoisotopic (exact) mass is 216 g/mol. The summed E-state index contributed by atoms with van der Waals surface area (Å²) < 4.78 is 0. The summed E-state index contributed by atoms with van der Waals surface area (Å²) in [6.07, 6.45) is 1.61. The molecule has 0 fully saturated rings. The highest BCUT2D eigenvalue weighted by molar-refractivity contribution is 5.78. The van der Waals surface area contributed by atoms with Crippen molar-refractivity contribution in [3.05, 3.63) is 0 Å². The van der Waals surface area contributed by atoms with Gasteiger partial charge >= 0.3 is 5.97 Å². The van der Waals surface area contributed by atoms with Gasteiger partial charge in [-0.15, -0.1) is 0 Å². The van der Waals surface area contributed by atoms with E-state index in [0.29, 0.717) is 19.5 Å². The largest absolute Gasteiger partial charge is 0.481 e. The first kappa shape index (κ1) is 13.9. The summed E-state index contributed by atoms with van der Waals surface area (Å²) in [6, 6.07) is 0. The van der Waals surface area contributed by atoms with E-state index < -0.39 is 5.97 Å². The van der Waals surface area contributed by atoms with Crippen molar-refractivity contribution in [1.29, 1.82) is 0 Å². The second kappa shape index (κ2) is 8.23. The molecule has 0 aliphatic carbocycles. The molecule has 0 rings (SSSR count). The maximum absolute atomic E-state index is 11.4. The lowest BCUT2D eigenvalue weighted by Crippen LogP contribution is -2.36. The second-order valence-electron chi connectivity index (χ2n) is 3.49. The number of hydrogen-bond acceptors (Lipinski definition) is 3. The van der Waals surface area contributed by atoms with Gasteiger partial charge in [0.15, 0.2) is 0 Å². The fourth-order valence-corrected chi connectivity index (χ4v) is 1.10. The van der Waals surface area contributed by atoms with Crippen molar-refractivity contribution in [1.82, 2.24) is 10.2 Å². The molecule has 0 bridgehead atoms. The van der Waals surface area contributed by atoms with Crippen molar-refractivity contribution < 1.29 is 14.7 Å². The molecular formula is C10H20N2O3. The molecular weight excluding hydrogens is 196 g/mol. The Morgan fingerprint density at radius 1 is 1.40 bits per heavy atom. The van der Waals surface area contributed by atoms with Crippen LogP contribution in [0.4, 0.5) is 0 Å². The first-order valence-electron chi connectivity index (χ1n) is 5.24. The highest BCUT2D eigenvalue weighted by Gasteiger charge is 2.07. The molecule has 0 radical (unpaired) electrons. The van der Waals surface area contributed by atoms with E-state index in [1.165, 1.54) is 0 Å². The smallest absolute Gasteiger partial charge is 0.303 e. The van der Waals surface area contributed by atoms with Gasteiger partial charge in [-0.3, -0.25) is 9.59 Å². The van der Waals surface area contributed by atoms with Gasteiger partial charge in [0.25, 0.3) is 0 Å². The Labute approximate surface area is 90.5 Å². The first-order chi connectivity index (χ1) is 7.07. The SMILES string of the molecule is CCCNCC(=O)N(C)CCCC(=O)O. The molecule has 88 valence electrons. The van der Waals surface area contributed by atoms with Crippen LogP contribution in [-0.2, 0) is 9.59 Å². The molecule has 0 aromatic heterocycles. The number of nitrogens with zero attached hydrogens (tertiary/aromatic N) is 1. The number of rotatable bonds is 8. The van der Waals surface area contributed by atoms with Crippen LogP contribution >= 0.6 is 0 Å². The molecule has 0 aliphatic rings. The molecule has 5 nitrogen and oxygen atoms in total. The number of aliphatic carboxylic acids is 1. The van der Waals surface area contributed by atoms with Gasteiger partial charge in [-0.1, -0.05) is 6.92 Å². The van der Waals surface area contributed by atoms with Crippen molar-refractivity contribution in [2.24, 2.45) is 0 Å². The van der Waals surface area contributed by atoms with Gasteiger partial charge in [-0.25, -0.2) is 0 Å². The molecule has 0 unspecified atom stereocenters. The van der Waals surface area contributed by atoms with E-state index in [0.717, 1.165) is 13.0 Å². The van der Waals surface area contributed by atoms with E-state index in [1.807, 2.05) is 6.92 Å². The van der Waals surface area contributed by atoms with Gasteiger partial charge in [-0.05, 0) is 19.4 Å². The third kappa shape index (κ3) is 7.93. The van der Waals surface area contributed by atoms with Crippen LogP contribution in [0.1, 0.15) is 26.2 Å². The summed E-state index contributed by atoms with van der Waals surface area (Å²) in [5, 5.41) is 11.4. The summed E-state index contributed by atoms with van der Waals surface area (Å²) in [4.78, 5) is 23.2. The molecule has 0 atom stereocenters. The number of likely N-dealkylation sites (N-methyl/N-ethyl adjacent to an activating group) is 1. The molecule has 0 aromatic carbocycles. The Morgan fingerprint density at radius 3 is 2.60 bits per heavy atom. The Balaban J connectivity index is 3.55. The summed E-state index contributed by atoms with van der Waals surface area (Å²) >= 11 is 0. The second-order valence-corrected chi connectivity index (χ2v) is 3.49. The number of carbonyl (C=O) groups excluding carboxylic acids is 1. The summed E-state index contributed by atoms with van der Waals surface area (Å²) in [7, 11) is 1.69. The van der Waals surface area contributed by atoms with E-state index in [-0.39, 0.29) is 12.3 Å². The maximum Gasteiger partial charge on any atom is 0.303 e. The number of hydrogen-bond donors (Lipinski definition) is 2. The zero-order valence-corrected chi connectivity index (χ0v) is 9.45. The minimum absolute atomic E-state index is 0.00818. The van der Waals surface area contributed by atoms with Crippen molar-refractivity contribution >= 4 is 11.9 Å². The first-order valence-corrected chi connectivity index (χ1v) is 5.24. The molecule has 5 heteroatoms. The third-order valence-electron chi connectivity index (χ3n) is 2.01. The van der Waals surface area contributed by atoms with Gasteiger partial charge < -0.3 is 15.3 Å². The fourth-order valence-electron chi connectivity index (χ4n) is 1.10. The zero-order chi connectivity index (χ0) is 11.7. The van der Waals surface area contributed by atoms with E-state index >= 15 is 0 Å².